The lowest BCUT2D eigenvalue weighted by molar-refractivity contribution is 0.332. The number of hydrogen-bond donors (Lipinski definition) is 0. The number of fused-ring (bicyclic) bond motifs is 5. The van der Waals surface area contributed by atoms with Crippen LogP contribution in [0.3, 0.4) is 0 Å². The van der Waals surface area contributed by atoms with Crippen molar-refractivity contribution >= 4 is 81.3 Å². The molecule has 2 aliphatic heterocycles. The topological polar surface area (TPSA) is 6.48 Å². The number of hydrogen-bond acceptors (Lipinski definition) is 2. The molecule has 0 saturated heterocycles. The predicted octanol–water partition coefficient (Wildman–Crippen LogP) is 13.2. The Hall–Kier alpha value is -4.54. The van der Waals surface area contributed by atoms with Crippen LogP contribution >= 0.6 is 0 Å². The Morgan fingerprint density at radius 3 is 1.75 bits per heavy atom. The highest BCUT2D eigenvalue weighted by Crippen LogP contribution is 2.52. The van der Waals surface area contributed by atoms with Gasteiger partial charge in [0.2, 0.25) is 0 Å². The van der Waals surface area contributed by atoms with Crippen LogP contribution in [0, 0.1) is 6.92 Å². The molecular formula is C57H67BN2Si. The second kappa shape index (κ2) is 13.2. The Labute approximate surface area is 368 Å². The number of anilines is 6. The first kappa shape index (κ1) is 40.5. The fourth-order valence-corrected chi connectivity index (χ4v) is 12.7. The van der Waals surface area contributed by atoms with Crippen molar-refractivity contribution in [2.24, 2.45) is 0 Å². The molecule has 2 nitrogen and oxygen atoms in total. The minimum absolute atomic E-state index is 0.00508. The molecule has 0 amide bonds. The molecule has 4 heteroatoms. The summed E-state index contributed by atoms with van der Waals surface area (Å²) in [6.07, 6.45) is 5.90. The Balaban J connectivity index is 1.37. The summed E-state index contributed by atoms with van der Waals surface area (Å²) < 4.78 is 0. The van der Waals surface area contributed by atoms with Gasteiger partial charge in [-0.05, 0) is 158 Å². The molecule has 0 saturated carbocycles. The summed E-state index contributed by atoms with van der Waals surface area (Å²) in [5, 5.41) is 4.36. The molecule has 4 aliphatic rings. The van der Waals surface area contributed by atoms with Crippen molar-refractivity contribution in [2.75, 3.05) is 9.80 Å². The average molecular weight is 819 g/mol. The van der Waals surface area contributed by atoms with Crippen molar-refractivity contribution in [3.63, 3.8) is 0 Å². The molecule has 6 aromatic carbocycles. The van der Waals surface area contributed by atoms with Crippen molar-refractivity contribution < 1.29 is 0 Å². The van der Waals surface area contributed by atoms with Crippen LogP contribution in [-0.2, 0) is 34.5 Å². The van der Waals surface area contributed by atoms with Crippen molar-refractivity contribution in [3.05, 3.63) is 130 Å². The Kier molecular flexibility index (Phi) is 8.80. The van der Waals surface area contributed by atoms with E-state index in [2.05, 4.69) is 197 Å². The van der Waals surface area contributed by atoms with Crippen LogP contribution in [0.2, 0.25) is 19.6 Å². The van der Waals surface area contributed by atoms with Gasteiger partial charge in [0.05, 0.1) is 13.8 Å². The molecule has 0 fully saturated rings. The molecule has 6 aromatic rings. The van der Waals surface area contributed by atoms with E-state index >= 15 is 0 Å². The Bertz CT molecular complexity index is 2810. The van der Waals surface area contributed by atoms with Gasteiger partial charge < -0.3 is 9.80 Å². The fourth-order valence-electron chi connectivity index (χ4n) is 11.5. The van der Waals surface area contributed by atoms with E-state index in [0.717, 1.165) is 12.8 Å². The number of benzene rings is 6. The Morgan fingerprint density at radius 2 is 1.13 bits per heavy atom. The highest BCUT2D eigenvalue weighted by molar-refractivity contribution is 7.00. The summed E-state index contributed by atoms with van der Waals surface area (Å²) in [6, 6.07) is 37.5. The van der Waals surface area contributed by atoms with E-state index in [-0.39, 0.29) is 28.4 Å². The lowest BCUT2D eigenvalue weighted by atomic mass is 9.33. The molecule has 0 radical (unpaired) electrons. The minimum atomic E-state index is -1.54. The molecule has 0 aromatic heterocycles. The van der Waals surface area contributed by atoms with E-state index in [1.54, 1.807) is 0 Å². The molecule has 10 rings (SSSR count). The normalized spacial score (nSPS) is 17.5. The molecule has 0 spiro atoms. The van der Waals surface area contributed by atoms with Gasteiger partial charge >= 0.3 is 0 Å². The number of nitrogens with zero attached hydrogens (tertiary/aromatic N) is 2. The van der Waals surface area contributed by atoms with Crippen molar-refractivity contribution in [1.82, 2.24) is 0 Å². The van der Waals surface area contributed by atoms with E-state index in [1.165, 1.54) is 125 Å². The van der Waals surface area contributed by atoms with Crippen LogP contribution in [0.25, 0.3) is 10.8 Å². The van der Waals surface area contributed by atoms with Gasteiger partial charge in [-0.15, -0.1) is 0 Å². The second-order valence-electron chi connectivity index (χ2n) is 23.7. The van der Waals surface area contributed by atoms with E-state index < -0.39 is 8.07 Å². The van der Waals surface area contributed by atoms with Crippen LogP contribution in [0.4, 0.5) is 34.1 Å². The largest absolute Gasteiger partial charge is 0.311 e. The summed E-state index contributed by atoms with van der Waals surface area (Å²) >= 11 is 0. The van der Waals surface area contributed by atoms with Gasteiger partial charge in [0.1, 0.15) is 0 Å². The molecule has 0 unspecified atom stereocenters. The van der Waals surface area contributed by atoms with Crippen molar-refractivity contribution in [3.8, 4) is 0 Å². The van der Waals surface area contributed by atoms with Crippen LogP contribution in [-0.4, -0.2) is 14.8 Å². The molecule has 61 heavy (non-hydrogen) atoms. The van der Waals surface area contributed by atoms with Crippen LogP contribution in [0.15, 0.2) is 91.0 Å². The zero-order chi connectivity index (χ0) is 43.3. The quantitative estimate of drug-likeness (QED) is 0.164. The minimum Gasteiger partial charge on any atom is -0.311 e. The van der Waals surface area contributed by atoms with Gasteiger partial charge in [-0.3, -0.25) is 0 Å². The maximum atomic E-state index is 2.71. The van der Waals surface area contributed by atoms with E-state index in [0.29, 0.717) is 0 Å². The van der Waals surface area contributed by atoms with Crippen molar-refractivity contribution in [1.29, 1.82) is 0 Å². The zero-order valence-electron chi connectivity index (χ0n) is 39.7. The van der Waals surface area contributed by atoms with Gasteiger partial charge in [0.25, 0.3) is 6.71 Å². The number of rotatable bonds is 3. The zero-order valence-corrected chi connectivity index (χ0v) is 40.7. The maximum Gasteiger partial charge on any atom is 0.252 e. The van der Waals surface area contributed by atoms with Gasteiger partial charge in [0.15, 0.2) is 0 Å². The van der Waals surface area contributed by atoms with Gasteiger partial charge in [-0.2, -0.15) is 0 Å². The van der Waals surface area contributed by atoms with E-state index in [1.807, 2.05) is 0 Å². The maximum absolute atomic E-state index is 2.71. The van der Waals surface area contributed by atoms with Gasteiger partial charge in [-0.1, -0.05) is 149 Å². The van der Waals surface area contributed by atoms with Crippen LogP contribution < -0.4 is 31.4 Å². The first-order valence-corrected chi connectivity index (χ1v) is 26.8. The second-order valence-corrected chi connectivity index (χ2v) is 28.8. The van der Waals surface area contributed by atoms with Crippen LogP contribution in [0.1, 0.15) is 127 Å². The standard InChI is InChI=1S/C57H67BN2Si/c1-35-29-40(61(12,13)14)23-26-46(35)59-49-34-43-42(56(8,9)27-28-57(43,10)11)33-45(49)58-44-24-22-38(54(2,3)4)30-48(44)60(51-32-39(55(5,6)7)31-50(59)53(51)58)47-25-21-37-18-15-17-36-19-16-20-41(47)52(36)37/h16,19-26,29-34H,15,17-18,27-28H2,1-14H3. The Morgan fingerprint density at radius 1 is 0.557 bits per heavy atom. The lowest BCUT2D eigenvalue weighted by Crippen LogP contribution is -2.62. The summed E-state index contributed by atoms with van der Waals surface area (Å²) in [7, 11) is -1.54. The first-order valence-electron chi connectivity index (χ1n) is 23.3. The fraction of sp³-hybridized carbons (Fsp3) is 0.404. The third-order valence-corrected chi connectivity index (χ3v) is 17.4. The molecule has 312 valence electrons. The molecule has 0 atom stereocenters. The first-order chi connectivity index (χ1) is 28.5. The SMILES string of the molecule is Cc1cc([Si](C)(C)C)ccc1N1c2cc3c(cc2B2c4ccc(C(C)(C)C)cc4N(c4ccc5c6c(cccc46)CCC5)c4cc(C(C)(C)C)cc1c42)C(C)(C)CCC3(C)C. The lowest BCUT2D eigenvalue weighted by Gasteiger charge is -2.48. The smallest absolute Gasteiger partial charge is 0.252 e. The highest BCUT2D eigenvalue weighted by Gasteiger charge is 2.47. The molecule has 2 heterocycles. The molecule has 2 aliphatic carbocycles. The molecular weight excluding hydrogens is 752 g/mol. The molecule has 0 bridgehead atoms. The third-order valence-electron chi connectivity index (χ3n) is 15.4. The van der Waals surface area contributed by atoms with Crippen LogP contribution in [0.5, 0.6) is 0 Å². The summed E-state index contributed by atoms with van der Waals surface area (Å²) in [4.78, 5) is 5.42. The highest BCUT2D eigenvalue weighted by atomic mass is 28.3. The van der Waals surface area contributed by atoms with E-state index in [4.69, 9.17) is 0 Å². The predicted molar refractivity (Wildman–Crippen MR) is 270 cm³/mol. The van der Waals surface area contributed by atoms with Crippen molar-refractivity contribution in [2.45, 2.75) is 150 Å². The van der Waals surface area contributed by atoms with Gasteiger partial charge in [-0.25, -0.2) is 0 Å². The van der Waals surface area contributed by atoms with Gasteiger partial charge in [0, 0.05) is 33.8 Å². The number of aryl methyl sites for hydroxylation is 3. The average Bonchev–Trinajstić information content (AvgIpc) is 3.18. The molecule has 0 N–H and O–H groups in total. The summed E-state index contributed by atoms with van der Waals surface area (Å²) in [6.45, 7) is 34.1. The summed E-state index contributed by atoms with van der Waals surface area (Å²) in [5.74, 6) is 0. The monoisotopic (exact) mass is 819 g/mol. The van der Waals surface area contributed by atoms with E-state index in [9.17, 15) is 0 Å². The third kappa shape index (κ3) is 6.23. The summed E-state index contributed by atoms with van der Waals surface area (Å²) in [5.41, 5.74) is 22.4.